The number of halogens is 1. The number of aryl methyl sites for hydroxylation is 2. The zero-order valence-corrected chi connectivity index (χ0v) is 18.7. The largest absolute Gasteiger partial charge is 0.465 e. The molecule has 0 saturated heterocycles. The number of methoxy groups -OCH3 is 1. The number of ether oxygens (including phenoxy) is 1. The number of esters is 1. The van der Waals surface area contributed by atoms with Gasteiger partial charge in [-0.25, -0.2) is 4.79 Å². The van der Waals surface area contributed by atoms with Gasteiger partial charge in [0.05, 0.1) is 13.5 Å². The molecule has 0 aliphatic rings. The molecule has 158 valence electrons. The number of amides is 1. The summed E-state index contributed by atoms with van der Waals surface area (Å²) >= 11 is 7.23. The van der Waals surface area contributed by atoms with E-state index in [9.17, 15) is 9.59 Å². The SMILES string of the molecule is COC(=O)c1c(-c2ccc(Cl)cc2)csc1NC(=O)Cc1noc2cc(C)cc(C)c12. The van der Waals surface area contributed by atoms with Crippen LogP contribution in [-0.4, -0.2) is 24.1 Å². The third-order valence-electron chi connectivity index (χ3n) is 4.90. The number of carbonyl (C=O) groups excluding carboxylic acids is 2. The number of nitrogens with one attached hydrogen (secondary N) is 1. The van der Waals surface area contributed by atoms with Crippen LogP contribution in [0.25, 0.3) is 22.1 Å². The second-order valence-electron chi connectivity index (χ2n) is 7.16. The highest BCUT2D eigenvalue weighted by molar-refractivity contribution is 7.15. The number of carbonyl (C=O) groups is 2. The number of hydrogen-bond acceptors (Lipinski definition) is 6. The van der Waals surface area contributed by atoms with E-state index in [-0.39, 0.29) is 12.3 Å². The summed E-state index contributed by atoms with van der Waals surface area (Å²) in [5, 5.41) is 10.6. The minimum Gasteiger partial charge on any atom is -0.465 e. The lowest BCUT2D eigenvalue weighted by Gasteiger charge is -2.08. The zero-order valence-electron chi connectivity index (χ0n) is 17.1. The Balaban J connectivity index is 1.63. The van der Waals surface area contributed by atoms with Gasteiger partial charge in [0.1, 0.15) is 16.3 Å². The zero-order chi connectivity index (χ0) is 22.1. The first-order chi connectivity index (χ1) is 14.9. The van der Waals surface area contributed by atoms with Crippen molar-refractivity contribution in [3.63, 3.8) is 0 Å². The Kier molecular flexibility index (Phi) is 5.80. The maximum atomic E-state index is 12.8. The van der Waals surface area contributed by atoms with Crippen LogP contribution >= 0.6 is 22.9 Å². The second kappa shape index (κ2) is 8.53. The van der Waals surface area contributed by atoms with Crippen LogP contribution in [0.5, 0.6) is 0 Å². The molecule has 2 aromatic heterocycles. The molecule has 0 saturated carbocycles. The van der Waals surface area contributed by atoms with Crippen molar-refractivity contribution < 1.29 is 18.8 Å². The van der Waals surface area contributed by atoms with Crippen LogP contribution in [0.3, 0.4) is 0 Å². The fourth-order valence-electron chi connectivity index (χ4n) is 3.56. The Bertz CT molecular complexity index is 1290. The van der Waals surface area contributed by atoms with Crippen LogP contribution in [0.2, 0.25) is 5.02 Å². The molecule has 0 radical (unpaired) electrons. The van der Waals surface area contributed by atoms with E-state index in [1.165, 1.54) is 18.4 Å². The van der Waals surface area contributed by atoms with Crippen LogP contribution in [0.15, 0.2) is 46.3 Å². The summed E-state index contributed by atoms with van der Waals surface area (Å²) < 4.78 is 10.4. The summed E-state index contributed by atoms with van der Waals surface area (Å²) in [5.74, 6) is -0.829. The van der Waals surface area contributed by atoms with E-state index >= 15 is 0 Å². The Labute approximate surface area is 187 Å². The van der Waals surface area contributed by atoms with Gasteiger partial charge < -0.3 is 14.6 Å². The fourth-order valence-corrected chi connectivity index (χ4v) is 4.66. The topological polar surface area (TPSA) is 81.4 Å². The van der Waals surface area contributed by atoms with Crippen molar-refractivity contribution in [1.29, 1.82) is 0 Å². The molecule has 0 aliphatic heterocycles. The lowest BCUT2D eigenvalue weighted by molar-refractivity contribution is -0.115. The smallest absolute Gasteiger partial charge is 0.341 e. The molecule has 0 aliphatic carbocycles. The fraction of sp³-hybridized carbons (Fsp3) is 0.174. The summed E-state index contributed by atoms with van der Waals surface area (Å²) in [6.45, 7) is 3.94. The standard InChI is InChI=1S/C23H19ClN2O4S/c1-12-8-13(2)20-17(26-30-18(20)9-12)10-19(27)25-22-21(23(28)29-3)16(11-31-22)14-4-6-15(24)7-5-14/h4-9,11H,10H2,1-3H3,(H,25,27). The van der Waals surface area contributed by atoms with Crippen molar-refractivity contribution in [2.75, 3.05) is 12.4 Å². The van der Waals surface area contributed by atoms with Crippen molar-refractivity contribution in [3.05, 3.63) is 69.2 Å². The number of nitrogens with zero attached hydrogens (tertiary/aromatic N) is 1. The molecule has 0 spiro atoms. The Hall–Kier alpha value is -3.16. The average Bonchev–Trinajstić information content (AvgIpc) is 3.32. The highest BCUT2D eigenvalue weighted by Crippen LogP contribution is 2.36. The Morgan fingerprint density at radius 3 is 2.65 bits per heavy atom. The molecular weight excluding hydrogens is 436 g/mol. The lowest BCUT2D eigenvalue weighted by Crippen LogP contribution is -2.16. The molecule has 0 unspecified atom stereocenters. The molecule has 4 aromatic rings. The van der Waals surface area contributed by atoms with Crippen molar-refractivity contribution >= 4 is 50.8 Å². The first-order valence-corrected chi connectivity index (χ1v) is 10.7. The predicted molar refractivity (Wildman–Crippen MR) is 122 cm³/mol. The number of aromatic nitrogens is 1. The minimum atomic E-state index is -0.528. The number of fused-ring (bicyclic) bond motifs is 1. The monoisotopic (exact) mass is 454 g/mol. The van der Waals surface area contributed by atoms with Crippen molar-refractivity contribution in [2.24, 2.45) is 0 Å². The van der Waals surface area contributed by atoms with E-state index < -0.39 is 5.97 Å². The molecule has 1 N–H and O–H groups in total. The predicted octanol–water partition coefficient (Wildman–Crippen LogP) is 5.79. The van der Waals surface area contributed by atoms with Crippen LogP contribution in [-0.2, 0) is 16.0 Å². The summed E-state index contributed by atoms with van der Waals surface area (Å²) in [6, 6.07) is 11.0. The molecule has 1 amide bonds. The number of rotatable bonds is 5. The van der Waals surface area contributed by atoms with Crippen LogP contribution in [0.4, 0.5) is 5.00 Å². The molecule has 0 atom stereocenters. The average molecular weight is 455 g/mol. The van der Waals surface area contributed by atoms with Gasteiger partial charge in [-0.2, -0.15) is 0 Å². The summed E-state index contributed by atoms with van der Waals surface area (Å²) in [7, 11) is 1.31. The van der Waals surface area contributed by atoms with Crippen LogP contribution < -0.4 is 5.32 Å². The van der Waals surface area contributed by atoms with E-state index in [4.69, 9.17) is 20.9 Å². The first kappa shape index (κ1) is 21.1. The van der Waals surface area contributed by atoms with Gasteiger partial charge in [-0.05, 0) is 48.7 Å². The Morgan fingerprint density at radius 2 is 1.94 bits per heavy atom. The minimum absolute atomic E-state index is 0.0195. The Morgan fingerprint density at radius 1 is 1.19 bits per heavy atom. The highest BCUT2D eigenvalue weighted by Gasteiger charge is 2.23. The van der Waals surface area contributed by atoms with E-state index in [1.54, 1.807) is 12.1 Å². The molecule has 4 rings (SSSR count). The lowest BCUT2D eigenvalue weighted by atomic mass is 10.0. The quantitative estimate of drug-likeness (QED) is 0.386. The van der Waals surface area contributed by atoms with Gasteiger partial charge in [0, 0.05) is 21.4 Å². The molecule has 8 heteroatoms. The van der Waals surface area contributed by atoms with E-state index in [2.05, 4.69) is 10.5 Å². The number of hydrogen-bond donors (Lipinski definition) is 1. The van der Waals surface area contributed by atoms with Crippen LogP contribution in [0.1, 0.15) is 27.2 Å². The van der Waals surface area contributed by atoms with Gasteiger partial charge in [-0.15, -0.1) is 11.3 Å². The molecule has 6 nitrogen and oxygen atoms in total. The molecule has 2 aromatic carbocycles. The third-order valence-corrected chi connectivity index (χ3v) is 6.05. The van der Waals surface area contributed by atoms with Crippen molar-refractivity contribution in [1.82, 2.24) is 5.16 Å². The normalized spacial score (nSPS) is 11.0. The first-order valence-electron chi connectivity index (χ1n) is 9.48. The van der Waals surface area contributed by atoms with Gasteiger partial charge in [0.25, 0.3) is 0 Å². The molecule has 31 heavy (non-hydrogen) atoms. The second-order valence-corrected chi connectivity index (χ2v) is 8.48. The van der Waals surface area contributed by atoms with Crippen molar-refractivity contribution in [3.8, 4) is 11.1 Å². The molecule has 0 bridgehead atoms. The van der Waals surface area contributed by atoms with E-state index in [0.29, 0.717) is 32.4 Å². The van der Waals surface area contributed by atoms with Gasteiger partial charge in [-0.3, -0.25) is 4.79 Å². The molecule has 0 fully saturated rings. The third kappa shape index (κ3) is 4.19. The van der Waals surface area contributed by atoms with Crippen molar-refractivity contribution in [2.45, 2.75) is 20.3 Å². The highest BCUT2D eigenvalue weighted by atomic mass is 35.5. The maximum absolute atomic E-state index is 12.8. The summed E-state index contributed by atoms with van der Waals surface area (Å²) in [4.78, 5) is 25.3. The molecular formula is C23H19ClN2O4S. The van der Waals surface area contributed by atoms with Gasteiger partial charge >= 0.3 is 5.97 Å². The van der Waals surface area contributed by atoms with Crippen LogP contribution in [0, 0.1) is 13.8 Å². The van der Waals surface area contributed by atoms with Gasteiger partial charge in [0.15, 0.2) is 5.58 Å². The van der Waals surface area contributed by atoms with Gasteiger partial charge in [0.2, 0.25) is 5.91 Å². The van der Waals surface area contributed by atoms with Gasteiger partial charge in [-0.1, -0.05) is 35.0 Å². The number of thiophene rings is 1. The maximum Gasteiger partial charge on any atom is 0.341 e. The molecule has 2 heterocycles. The summed E-state index contributed by atoms with van der Waals surface area (Å²) in [6.07, 6.45) is 0.0195. The number of anilines is 1. The number of benzene rings is 2. The van der Waals surface area contributed by atoms with E-state index in [0.717, 1.165) is 22.1 Å². The summed E-state index contributed by atoms with van der Waals surface area (Å²) in [5.41, 5.74) is 5.04. The van der Waals surface area contributed by atoms with E-state index in [1.807, 2.05) is 43.5 Å².